The molecule has 0 aliphatic carbocycles. The maximum Gasteiger partial charge on any atom is 0.222 e. The highest BCUT2D eigenvalue weighted by Gasteiger charge is 2.19. The molecule has 0 spiro atoms. The summed E-state index contributed by atoms with van der Waals surface area (Å²) in [6.07, 6.45) is 2.80. The molecule has 0 atom stereocenters. The first kappa shape index (κ1) is 16.3. The molecule has 26 heavy (non-hydrogen) atoms. The van der Waals surface area contributed by atoms with Crippen LogP contribution in [0, 0.1) is 12.7 Å². The van der Waals surface area contributed by atoms with Crippen LogP contribution in [-0.2, 0) is 4.79 Å². The van der Waals surface area contributed by atoms with Crippen molar-refractivity contribution in [3.05, 3.63) is 46.8 Å². The van der Waals surface area contributed by atoms with Gasteiger partial charge in [0, 0.05) is 30.1 Å². The minimum atomic E-state index is -0.417. The molecule has 0 saturated heterocycles. The zero-order valence-corrected chi connectivity index (χ0v) is 14.8. The van der Waals surface area contributed by atoms with E-state index < -0.39 is 5.82 Å². The van der Waals surface area contributed by atoms with Gasteiger partial charge in [0.1, 0.15) is 11.6 Å². The lowest BCUT2D eigenvalue weighted by molar-refractivity contribution is -0.114. The van der Waals surface area contributed by atoms with Crippen LogP contribution >= 0.6 is 11.3 Å². The van der Waals surface area contributed by atoms with Crippen LogP contribution in [0.15, 0.2) is 36.0 Å². The molecule has 0 aromatic carbocycles. The normalized spacial score (nSPS) is 11.0. The first-order chi connectivity index (χ1) is 12.5. The number of H-pyrrole nitrogens is 1. The summed E-state index contributed by atoms with van der Waals surface area (Å²) >= 11 is 1.53. The Morgan fingerprint density at radius 1 is 1.31 bits per heavy atom. The molecule has 2 N–H and O–H groups in total. The van der Waals surface area contributed by atoms with Gasteiger partial charge in [0.25, 0.3) is 0 Å². The average Bonchev–Trinajstić information content (AvgIpc) is 3.17. The van der Waals surface area contributed by atoms with E-state index in [2.05, 4.69) is 25.3 Å². The number of carbonyl (C=O) groups is 1. The molecular formula is C18H14FN5OS. The summed E-state index contributed by atoms with van der Waals surface area (Å²) in [5.74, 6) is -0.182. The number of nitrogens with one attached hydrogen (secondary N) is 2. The summed E-state index contributed by atoms with van der Waals surface area (Å²) in [4.78, 5) is 27.5. The Kier molecular flexibility index (Phi) is 3.96. The first-order valence-corrected chi connectivity index (χ1v) is 8.73. The van der Waals surface area contributed by atoms with Crippen LogP contribution in [0.1, 0.15) is 11.9 Å². The second kappa shape index (κ2) is 6.30. The van der Waals surface area contributed by atoms with Crippen molar-refractivity contribution in [1.82, 2.24) is 19.9 Å². The maximum absolute atomic E-state index is 13.6. The predicted octanol–water partition coefficient (Wildman–Crippen LogP) is 4.15. The summed E-state index contributed by atoms with van der Waals surface area (Å²) in [6.45, 7) is 3.35. The van der Waals surface area contributed by atoms with Gasteiger partial charge in [-0.25, -0.2) is 14.4 Å². The van der Waals surface area contributed by atoms with Crippen LogP contribution in [0.2, 0.25) is 0 Å². The number of rotatable bonds is 3. The maximum atomic E-state index is 13.6. The average molecular weight is 367 g/mol. The Labute approximate surface area is 152 Å². The topological polar surface area (TPSA) is 83.6 Å². The Balaban J connectivity index is 1.96. The van der Waals surface area contributed by atoms with Gasteiger partial charge in [0.2, 0.25) is 5.91 Å². The largest absolute Gasteiger partial charge is 0.353 e. The number of pyridine rings is 2. The fourth-order valence-electron chi connectivity index (χ4n) is 2.83. The third kappa shape index (κ3) is 2.95. The summed E-state index contributed by atoms with van der Waals surface area (Å²) < 4.78 is 13.6. The van der Waals surface area contributed by atoms with E-state index in [1.807, 2.05) is 18.4 Å². The van der Waals surface area contributed by atoms with Gasteiger partial charge in [0.05, 0.1) is 39.2 Å². The van der Waals surface area contributed by atoms with E-state index in [4.69, 9.17) is 0 Å². The number of amides is 1. The molecule has 4 aromatic rings. The molecule has 0 bridgehead atoms. The Bertz CT molecular complexity index is 1130. The number of aromatic nitrogens is 4. The van der Waals surface area contributed by atoms with Crippen LogP contribution in [0.4, 0.5) is 10.2 Å². The lowest BCUT2D eigenvalue weighted by atomic mass is 10.1. The standard InChI is InChI=1S/C18H14FN5OS/c1-9(25)22-15-5-11(3-4-20-15)17-16(14-8-26-10(2)23-14)18-13(24-17)6-12(19)7-21-18/h3-8,24H,1-2H3,(H,20,22,25). The van der Waals surface area contributed by atoms with Gasteiger partial charge in [0.15, 0.2) is 0 Å². The van der Waals surface area contributed by atoms with Crippen molar-refractivity contribution in [3.8, 4) is 22.5 Å². The summed E-state index contributed by atoms with van der Waals surface area (Å²) in [5.41, 5.74) is 4.33. The zero-order chi connectivity index (χ0) is 18.3. The molecule has 8 heteroatoms. The molecule has 6 nitrogen and oxygen atoms in total. The Morgan fingerprint density at radius 2 is 2.15 bits per heavy atom. The number of halogens is 1. The molecule has 130 valence electrons. The van der Waals surface area contributed by atoms with E-state index in [9.17, 15) is 9.18 Å². The van der Waals surface area contributed by atoms with E-state index in [1.165, 1.54) is 30.5 Å². The second-order valence-electron chi connectivity index (χ2n) is 5.79. The van der Waals surface area contributed by atoms with Crippen molar-refractivity contribution in [3.63, 3.8) is 0 Å². The number of thiazole rings is 1. The van der Waals surface area contributed by atoms with Crippen molar-refractivity contribution in [1.29, 1.82) is 0 Å². The lowest BCUT2D eigenvalue weighted by Gasteiger charge is -2.05. The van der Waals surface area contributed by atoms with Crippen LogP contribution in [0.3, 0.4) is 0 Å². The summed E-state index contributed by atoms with van der Waals surface area (Å²) in [6, 6.07) is 4.98. The van der Waals surface area contributed by atoms with Gasteiger partial charge in [-0.3, -0.25) is 9.78 Å². The third-order valence-electron chi connectivity index (χ3n) is 3.83. The van der Waals surface area contributed by atoms with Crippen LogP contribution < -0.4 is 5.32 Å². The fourth-order valence-corrected chi connectivity index (χ4v) is 3.43. The van der Waals surface area contributed by atoms with E-state index in [0.29, 0.717) is 16.9 Å². The Hall–Kier alpha value is -3.13. The third-order valence-corrected chi connectivity index (χ3v) is 4.60. The van der Waals surface area contributed by atoms with Gasteiger partial charge in [-0.1, -0.05) is 0 Å². The molecule has 0 saturated carbocycles. The molecule has 4 aromatic heterocycles. The van der Waals surface area contributed by atoms with E-state index in [0.717, 1.165) is 27.5 Å². The predicted molar refractivity (Wildman–Crippen MR) is 99.4 cm³/mol. The summed E-state index contributed by atoms with van der Waals surface area (Å²) in [7, 11) is 0. The molecule has 0 fully saturated rings. The molecule has 0 aliphatic rings. The van der Waals surface area contributed by atoms with Crippen molar-refractivity contribution in [2.45, 2.75) is 13.8 Å². The number of carbonyl (C=O) groups excluding carboxylic acids is 1. The number of aryl methyl sites for hydroxylation is 1. The lowest BCUT2D eigenvalue weighted by Crippen LogP contribution is -2.07. The highest BCUT2D eigenvalue weighted by molar-refractivity contribution is 7.09. The van der Waals surface area contributed by atoms with E-state index in [1.54, 1.807) is 12.3 Å². The highest BCUT2D eigenvalue weighted by atomic mass is 32.1. The molecule has 0 radical (unpaired) electrons. The number of hydrogen-bond donors (Lipinski definition) is 2. The number of nitrogens with zero attached hydrogens (tertiary/aromatic N) is 3. The number of hydrogen-bond acceptors (Lipinski definition) is 5. The second-order valence-corrected chi connectivity index (χ2v) is 6.85. The quantitative estimate of drug-likeness (QED) is 0.570. The zero-order valence-electron chi connectivity index (χ0n) is 14.0. The number of aromatic amines is 1. The Morgan fingerprint density at radius 3 is 2.88 bits per heavy atom. The minimum Gasteiger partial charge on any atom is -0.353 e. The minimum absolute atomic E-state index is 0.203. The number of anilines is 1. The molecule has 0 unspecified atom stereocenters. The molecular weight excluding hydrogens is 353 g/mol. The van der Waals surface area contributed by atoms with Gasteiger partial charge >= 0.3 is 0 Å². The van der Waals surface area contributed by atoms with Crippen LogP contribution in [-0.4, -0.2) is 25.8 Å². The van der Waals surface area contributed by atoms with Crippen molar-refractivity contribution < 1.29 is 9.18 Å². The monoisotopic (exact) mass is 367 g/mol. The molecule has 1 amide bonds. The van der Waals surface area contributed by atoms with Crippen molar-refractivity contribution in [2.75, 3.05) is 5.32 Å². The van der Waals surface area contributed by atoms with Crippen molar-refractivity contribution >= 4 is 34.1 Å². The molecule has 4 rings (SSSR count). The van der Waals surface area contributed by atoms with Crippen molar-refractivity contribution in [2.24, 2.45) is 0 Å². The molecule has 0 aliphatic heterocycles. The van der Waals surface area contributed by atoms with Crippen LogP contribution in [0.5, 0.6) is 0 Å². The molecule has 4 heterocycles. The smallest absolute Gasteiger partial charge is 0.222 e. The number of fused-ring (bicyclic) bond motifs is 1. The van der Waals surface area contributed by atoms with E-state index in [-0.39, 0.29) is 5.91 Å². The van der Waals surface area contributed by atoms with Gasteiger partial charge in [-0.05, 0) is 19.1 Å². The summed E-state index contributed by atoms with van der Waals surface area (Å²) in [5, 5.41) is 5.54. The van der Waals surface area contributed by atoms with Crippen LogP contribution in [0.25, 0.3) is 33.5 Å². The van der Waals surface area contributed by atoms with Gasteiger partial charge < -0.3 is 10.3 Å². The fraction of sp³-hybridized carbons (Fsp3) is 0.111. The van der Waals surface area contributed by atoms with Gasteiger partial charge in [-0.15, -0.1) is 11.3 Å². The highest BCUT2D eigenvalue weighted by Crippen LogP contribution is 2.38. The SMILES string of the molecule is CC(=O)Nc1cc(-c2[nH]c3cc(F)cnc3c2-c2csc(C)n2)ccn1. The van der Waals surface area contributed by atoms with Gasteiger partial charge in [-0.2, -0.15) is 0 Å². The van der Waals surface area contributed by atoms with E-state index >= 15 is 0 Å². The first-order valence-electron chi connectivity index (χ1n) is 7.85.